The van der Waals surface area contributed by atoms with Crippen LogP contribution in [0.2, 0.25) is 10.0 Å². The number of benzene rings is 2. The first-order chi connectivity index (χ1) is 12.0. The van der Waals surface area contributed by atoms with Crippen LogP contribution in [0, 0.1) is 0 Å². The van der Waals surface area contributed by atoms with E-state index in [4.69, 9.17) is 23.2 Å². The van der Waals surface area contributed by atoms with Crippen molar-refractivity contribution in [3.05, 3.63) is 74.6 Å². The Morgan fingerprint density at radius 1 is 1.20 bits per heavy atom. The van der Waals surface area contributed by atoms with E-state index in [1.165, 1.54) is 10.8 Å². The molecule has 0 saturated carbocycles. The zero-order chi connectivity index (χ0) is 18.0. The van der Waals surface area contributed by atoms with Crippen LogP contribution in [0.1, 0.15) is 18.5 Å². The normalized spacial score (nSPS) is 12.1. The highest BCUT2D eigenvalue weighted by molar-refractivity contribution is 6.42. The number of nitrogens with one attached hydrogen (secondary N) is 1. The number of nitrogens with zero attached hydrogens (tertiary/aromatic N) is 2. The monoisotopic (exact) mass is 375 g/mol. The van der Waals surface area contributed by atoms with Crippen LogP contribution in [0.4, 0.5) is 0 Å². The van der Waals surface area contributed by atoms with Crippen molar-refractivity contribution in [2.24, 2.45) is 0 Å². The number of carbonyl (C=O) groups excluding carboxylic acids is 1. The molecule has 3 aromatic rings. The van der Waals surface area contributed by atoms with Gasteiger partial charge in [0.25, 0.3) is 5.56 Å². The van der Waals surface area contributed by atoms with Crippen LogP contribution in [0.15, 0.2) is 53.5 Å². The summed E-state index contributed by atoms with van der Waals surface area (Å²) in [4.78, 5) is 28.6. The molecule has 0 spiro atoms. The highest BCUT2D eigenvalue weighted by Gasteiger charge is 2.13. The summed E-state index contributed by atoms with van der Waals surface area (Å²) in [5, 5.41) is 3.75. The molecular weight excluding hydrogens is 361 g/mol. The molecule has 1 atom stereocenters. The second-order valence-electron chi connectivity index (χ2n) is 5.63. The third kappa shape index (κ3) is 3.83. The topological polar surface area (TPSA) is 64.0 Å². The van der Waals surface area contributed by atoms with Crippen LogP contribution in [0.3, 0.4) is 0 Å². The van der Waals surface area contributed by atoms with Crippen molar-refractivity contribution in [2.75, 3.05) is 0 Å². The van der Waals surface area contributed by atoms with E-state index in [1.54, 1.807) is 36.4 Å². The number of rotatable bonds is 4. The summed E-state index contributed by atoms with van der Waals surface area (Å²) in [5.74, 6) is -0.281. The minimum Gasteiger partial charge on any atom is -0.348 e. The lowest BCUT2D eigenvalue weighted by atomic mass is 10.1. The quantitative estimate of drug-likeness (QED) is 0.757. The molecule has 1 aromatic heterocycles. The minimum atomic E-state index is -0.323. The van der Waals surface area contributed by atoms with E-state index in [0.29, 0.717) is 21.1 Å². The zero-order valence-corrected chi connectivity index (χ0v) is 14.9. The van der Waals surface area contributed by atoms with Gasteiger partial charge in [-0.3, -0.25) is 14.2 Å². The summed E-state index contributed by atoms with van der Waals surface area (Å²) in [6.07, 6.45) is 1.22. The van der Waals surface area contributed by atoms with Crippen molar-refractivity contribution in [1.29, 1.82) is 0 Å². The first-order valence-corrected chi connectivity index (χ1v) is 8.40. The lowest BCUT2D eigenvalue weighted by Crippen LogP contribution is -2.34. The molecule has 1 N–H and O–H groups in total. The fourth-order valence-electron chi connectivity index (χ4n) is 2.57. The standard InChI is InChI=1S/C18H15Cl2N3O2/c1-11(12-6-7-13(19)14(20)8-12)22-17(24)10-23-16-5-3-2-4-15(16)21-9-18(23)25/h2-9,11H,10H2,1H3,(H,22,24). The van der Waals surface area contributed by atoms with E-state index < -0.39 is 0 Å². The molecule has 1 heterocycles. The van der Waals surface area contributed by atoms with Gasteiger partial charge in [-0.1, -0.05) is 41.4 Å². The summed E-state index contributed by atoms with van der Waals surface area (Å²) in [7, 11) is 0. The predicted molar refractivity (Wildman–Crippen MR) is 99.0 cm³/mol. The van der Waals surface area contributed by atoms with Crippen LogP contribution in [0.5, 0.6) is 0 Å². The Kier molecular flexibility index (Phi) is 5.06. The number of carbonyl (C=O) groups is 1. The second kappa shape index (κ2) is 7.25. The average molecular weight is 376 g/mol. The molecule has 3 rings (SSSR count). The Bertz CT molecular complexity index is 1000. The molecule has 0 saturated heterocycles. The lowest BCUT2D eigenvalue weighted by molar-refractivity contribution is -0.122. The molecule has 0 aliphatic heterocycles. The van der Waals surface area contributed by atoms with Gasteiger partial charge in [0.2, 0.25) is 5.91 Å². The molecule has 0 radical (unpaired) electrons. The Balaban J connectivity index is 1.80. The Morgan fingerprint density at radius 3 is 2.72 bits per heavy atom. The van der Waals surface area contributed by atoms with E-state index >= 15 is 0 Å². The third-order valence-electron chi connectivity index (χ3n) is 3.88. The van der Waals surface area contributed by atoms with Gasteiger partial charge in [-0.15, -0.1) is 0 Å². The Morgan fingerprint density at radius 2 is 1.96 bits per heavy atom. The molecule has 1 unspecified atom stereocenters. The van der Waals surface area contributed by atoms with Crippen LogP contribution in [0.25, 0.3) is 11.0 Å². The molecule has 2 aromatic carbocycles. The zero-order valence-electron chi connectivity index (χ0n) is 13.4. The van der Waals surface area contributed by atoms with Crippen molar-refractivity contribution in [3.63, 3.8) is 0 Å². The van der Waals surface area contributed by atoms with Crippen LogP contribution >= 0.6 is 23.2 Å². The largest absolute Gasteiger partial charge is 0.348 e. The van der Waals surface area contributed by atoms with Crippen molar-refractivity contribution in [2.45, 2.75) is 19.5 Å². The van der Waals surface area contributed by atoms with Gasteiger partial charge in [0, 0.05) is 0 Å². The highest BCUT2D eigenvalue weighted by Crippen LogP contribution is 2.25. The van der Waals surface area contributed by atoms with E-state index in [9.17, 15) is 9.59 Å². The molecular formula is C18H15Cl2N3O2. The summed E-state index contributed by atoms with van der Waals surface area (Å²) >= 11 is 11.9. The number of halogens is 2. The average Bonchev–Trinajstić information content (AvgIpc) is 2.59. The molecule has 0 fully saturated rings. The number of aromatic nitrogens is 2. The van der Waals surface area contributed by atoms with Gasteiger partial charge < -0.3 is 5.32 Å². The smallest absolute Gasteiger partial charge is 0.269 e. The van der Waals surface area contributed by atoms with E-state index in [0.717, 1.165) is 5.56 Å². The Labute approximate surface area is 154 Å². The maximum Gasteiger partial charge on any atom is 0.269 e. The predicted octanol–water partition coefficient (Wildman–Crippen LogP) is 3.58. The van der Waals surface area contributed by atoms with Gasteiger partial charge in [0.15, 0.2) is 0 Å². The van der Waals surface area contributed by atoms with Crippen LogP contribution < -0.4 is 10.9 Å². The molecule has 0 bridgehead atoms. The van der Waals surface area contributed by atoms with Crippen molar-refractivity contribution in [3.8, 4) is 0 Å². The second-order valence-corrected chi connectivity index (χ2v) is 6.45. The van der Waals surface area contributed by atoms with Crippen molar-refractivity contribution >= 4 is 40.1 Å². The van der Waals surface area contributed by atoms with Gasteiger partial charge in [0.1, 0.15) is 6.54 Å². The number of amides is 1. The molecule has 0 aliphatic rings. The summed E-state index contributed by atoms with van der Waals surface area (Å²) in [5.41, 5.74) is 1.78. The fraction of sp³-hybridized carbons (Fsp3) is 0.167. The van der Waals surface area contributed by atoms with Gasteiger partial charge in [-0.25, -0.2) is 4.98 Å². The lowest BCUT2D eigenvalue weighted by Gasteiger charge is -2.16. The summed E-state index contributed by atoms with van der Waals surface area (Å²) < 4.78 is 1.40. The first kappa shape index (κ1) is 17.5. The van der Waals surface area contributed by atoms with Gasteiger partial charge >= 0.3 is 0 Å². The fourth-order valence-corrected chi connectivity index (χ4v) is 2.88. The molecule has 128 valence electrons. The minimum absolute atomic E-state index is 0.0898. The number of hydrogen-bond acceptors (Lipinski definition) is 3. The number of para-hydroxylation sites is 2. The van der Waals surface area contributed by atoms with Crippen molar-refractivity contribution < 1.29 is 4.79 Å². The molecule has 1 amide bonds. The Hall–Kier alpha value is -2.37. The van der Waals surface area contributed by atoms with Gasteiger partial charge in [-0.2, -0.15) is 0 Å². The summed E-state index contributed by atoms with van der Waals surface area (Å²) in [6.45, 7) is 1.75. The molecule has 7 heteroatoms. The highest BCUT2D eigenvalue weighted by atomic mass is 35.5. The van der Waals surface area contributed by atoms with E-state index in [2.05, 4.69) is 10.3 Å². The molecule has 5 nitrogen and oxygen atoms in total. The van der Waals surface area contributed by atoms with E-state index in [1.807, 2.05) is 13.0 Å². The third-order valence-corrected chi connectivity index (χ3v) is 4.61. The number of fused-ring (bicyclic) bond motifs is 1. The van der Waals surface area contributed by atoms with Gasteiger partial charge in [0.05, 0.1) is 33.3 Å². The maximum absolute atomic E-state index is 12.4. The van der Waals surface area contributed by atoms with Gasteiger partial charge in [-0.05, 0) is 36.8 Å². The molecule has 0 aliphatic carbocycles. The van der Waals surface area contributed by atoms with E-state index in [-0.39, 0.29) is 24.1 Å². The van der Waals surface area contributed by atoms with Crippen LogP contribution in [-0.4, -0.2) is 15.5 Å². The maximum atomic E-state index is 12.4. The molecule has 25 heavy (non-hydrogen) atoms. The number of hydrogen-bond donors (Lipinski definition) is 1. The summed E-state index contributed by atoms with van der Waals surface area (Å²) in [6, 6.07) is 12.1. The SMILES string of the molecule is CC(NC(=O)Cn1c(=O)cnc2ccccc21)c1ccc(Cl)c(Cl)c1. The van der Waals surface area contributed by atoms with Crippen molar-refractivity contribution in [1.82, 2.24) is 14.9 Å². The first-order valence-electron chi connectivity index (χ1n) is 7.64. The van der Waals surface area contributed by atoms with Crippen LogP contribution in [-0.2, 0) is 11.3 Å².